The molecular formula is C13H10N2O2. The van der Waals surface area contributed by atoms with Crippen LogP contribution in [0, 0.1) is 0 Å². The van der Waals surface area contributed by atoms with E-state index in [0.29, 0.717) is 11.5 Å². The summed E-state index contributed by atoms with van der Waals surface area (Å²) in [5.74, 6) is 1.24. The summed E-state index contributed by atoms with van der Waals surface area (Å²) in [6.45, 7) is 0. The van der Waals surface area contributed by atoms with Crippen molar-refractivity contribution in [3.63, 3.8) is 0 Å². The molecule has 0 spiro atoms. The van der Waals surface area contributed by atoms with Crippen molar-refractivity contribution in [1.82, 2.24) is 0 Å². The summed E-state index contributed by atoms with van der Waals surface area (Å²) in [5.41, 5.74) is 0. The number of hydrogen-bond acceptors (Lipinski definition) is 4. The quantitative estimate of drug-likeness (QED) is 0.593. The molecule has 0 unspecified atom stereocenters. The van der Waals surface area contributed by atoms with Gasteiger partial charge in [0.25, 0.3) is 0 Å². The van der Waals surface area contributed by atoms with Crippen molar-refractivity contribution in [3.05, 3.63) is 60.7 Å². The molecule has 0 saturated heterocycles. The van der Waals surface area contributed by atoms with Crippen molar-refractivity contribution in [3.8, 4) is 11.5 Å². The lowest BCUT2D eigenvalue weighted by Gasteiger charge is -1.94. The lowest BCUT2D eigenvalue weighted by atomic mass is 10.3. The molecular weight excluding hydrogens is 216 g/mol. The maximum atomic E-state index is 4.98. The highest BCUT2D eigenvalue weighted by Crippen LogP contribution is 2.08. The van der Waals surface area contributed by atoms with E-state index in [1.165, 1.54) is 0 Å². The van der Waals surface area contributed by atoms with Crippen LogP contribution >= 0.6 is 0 Å². The van der Waals surface area contributed by atoms with Crippen LogP contribution in [0.3, 0.4) is 0 Å². The zero-order valence-corrected chi connectivity index (χ0v) is 8.98. The predicted molar refractivity (Wildman–Crippen MR) is 64.0 cm³/mol. The SMILES string of the molecule is C(=NOc1ccccc1)=NOc1ccccc1. The average molecular weight is 226 g/mol. The van der Waals surface area contributed by atoms with Crippen molar-refractivity contribution < 1.29 is 9.68 Å². The van der Waals surface area contributed by atoms with Gasteiger partial charge in [0.2, 0.25) is 0 Å². The Hall–Kier alpha value is -2.58. The Morgan fingerprint density at radius 2 is 1.06 bits per heavy atom. The maximum Gasteiger partial charge on any atom is 0.181 e. The molecule has 0 saturated carbocycles. The highest BCUT2D eigenvalue weighted by Gasteiger charge is 1.87. The van der Waals surface area contributed by atoms with Gasteiger partial charge in [-0.05, 0) is 34.6 Å². The number of rotatable bonds is 4. The van der Waals surface area contributed by atoms with Crippen molar-refractivity contribution in [2.45, 2.75) is 0 Å². The molecule has 0 aliphatic rings. The number of nitrogens with zero attached hydrogens (tertiary/aromatic N) is 2. The summed E-state index contributed by atoms with van der Waals surface area (Å²) >= 11 is 0. The highest BCUT2D eigenvalue weighted by molar-refractivity contribution is 5.40. The zero-order chi connectivity index (χ0) is 11.8. The number of hydrogen-bond donors (Lipinski definition) is 0. The third-order valence-corrected chi connectivity index (χ3v) is 1.87. The molecule has 4 heteroatoms. The molecule has 4 nitrogen and oxygen atoms in total. The van der Waals surface area contributed by atoms with Crippen LogP contribution in [0.5, 0.6) is 11.5 Å². The minimum Gasteiger partial charge on any atom is -0.347 e. The highest BCUT2D eigenvalue weighted by atomic mass is 16.6. The molecule has 0 heterocycles. The fourth-order valence-corrected chi connectivity index (χ4v) is 1.13. The lowest BCUT2D eigenvalue weighted by Crippen LogP contribution is -1.83. The van der Waals surface area contributed by atoms with Crippen molar-refractivity contribution in [1.29, 1.82) is 0 Å². The van der Waals surface area contributed by atoms with Gasteiger partial charge in [-0.15, -0.1) is 0 Å². The van der Waals surface area contributed by atoms with E-state index in [0.717, 1.165) is 0 Å². The van der Waals surface area contributed by atoms with Crippen LogP contribution in [0.25, 0.3) is 0 Å². The van der Waals surface area contributed by atoms with Gasteiger partial charge in [-0.2, -0.15) is 0 Å². The van der Waals surface area contributed by atoms with Crippen LogP contribution in [0.4, 0.5) is 0 Å². The summed E-state index contributed by atoms with van der Waals surface area (Å²) in [5, 5.41) is 7.03. The van der Waals surface area contributed by atoms with Gasteiger partial charge in [0.15, 0.2) is 17.5 Å². The zero-order valence-electron chi connectivity index (χ0n) is 8.98. The van der Waals surface area contributed by atoms with E-state index < -0.39 is 0 Å². The van der Waals surface area contributed by atoms with Crippen LogP contribution < -0.4 is 9.68 Å². The van der Waals surface area contributed by atoms with Gasteiger partial charge in [0.1, 0.15) is 0 Å². The van der Waals surface area contributed by atoms with E-state index in [1.54, 1.807) is 24.3 Å². The average Bonchev–Trinajstić information content (AvgIpc) is 2.41. The molecule has 84 valence electrons. The molecule has 0 N–H and O–H groups in total. The van der Waals surface area contributed by atoms with Gasteiger partial charge >= 0.3 is 0 Å². The Bertz CT molecular complexity index is 460. The first-order valence-corrected chi connectivity index (χ1v) is 5.04. The third kappa shape index (κ3) is 3.81. The van der Waals surface area contributed by atoms with Gasteiger partial charge in [-0.1, -0.05) is 36.4 Å². The minimum atomic E-state index is 0.620. The third-order valence-electron chi connectivity index (χ3n) is 1.87. The lowest BCUT2D eigenvalue weighted by molar-refractivity contribution is 0.325. The second-order valence-electron chi connectivity index (χ2n) is 3.09. The molecule has 0 fully saturated rings. The van der Waals surface area contributed by atoms with Gasteiger partial charge in [0, 0.05) is 0 Å². The first kappa shape index (κ1) is 10.9. The minimum absolute atomic E-state index is 0.620. The van der Waals surface area contributed by atoms with Crippen LogP contribution in [-0.2, 0) is 0 Å². The summed E-state index contributed by atoms with van der Waals surface area (Å²) in [4.78, 5) is 9.97. The first-order chi connectivity index (χ1) is 8.45. The van der Waals surface area contributed by atoms with Gasteiger partial charge in [-0.25, -0.2) is 0 Å². The van der Waals surface area contributed by atoms with Gasteiger partial charge < -0.3 is 9.68 Å². The standard InChI is InChI=1S/C13H10N2O2/c1-3-7-12(8-4-1)16-14-11-15-17-13-9-5-2-6-10-13/h1-10H. The topological polar surface area (TPSA) is 43.2 Å². The van der Waals surface area contributed by atoms with E-state index in [1.807, 2.05) is 36.4 Å². The summed E-state index contributed by atoms with van der Waals surface area (Å²) < 4.78 is 0. The van der Waals surface area contributed by atoms with Crippen molar-refractivity contribution in [2.75, 3.05) is 0 Å². The number of benzene rings is 2. The molecule has 0 bridgehead atoms. The van der Waals surface area contributed by atoms with Crippen molar-refractivity contribution in [2.24, 2.45) is 10.3 Å². The van der Waals surface area contributed by atoms with Gasteiger partial charge in [-0.3, -0.25) is 0 Å². The summed E-state index contributed by atoms with van der Waals surface area (Å²) in [6.07, 6.45) is 0. The van der Waals surface area contributed by atoms with Crippen molar-refractivity contribution >= 4 is 6.01 Å². The van der Waals surface area contributed by atoms with Crippen LogP contribution in [0.15, 0.2) is 71.0 Å². The summed E-state index contributed by atoms with van der Waals surface area (Å²) in [6, 6.07) is 20.6. The Morgan fingerprint density at radius 1 is 0.647 bits per heavy atom. The van der Waals surface area contributed by atoms with Crippen LogP contribution in [0.2, 0.25) is 0 Å². The van der Waals surface area contributed by atoms with Crippen LogP contribution in [0.1, 0.15) is 0 Å². The largest absolute Gasteiger partial charge is 0.347 e. The second-order valence-corrected chi connectivity index (χ2v) is 3.09. The molecule has 2 rings (SSSR count). The van der Waals surface area contributed by atoms with E-state index >= 15 is 0 Å². The molecule has 2 aromatic rings. The maximum absolute atomic E-state index is 4.98. The van der Waals surface area contributed by atoms with Gasteiger partial charge in [0.05, 0.1) is 0 Å². The Balaban J connectivity index is 1.85. The van der Waals surface area contributed by atoms with E-state index in [-0.39, 0.29) is 0 Å². The monoisotopic (exact) mass is 226 g/mol. The molecule has 0 aliphatic heterocycles. The fourth-order valence-electron chi connectivity index (χ4n) is 1.13. The summed E-state index contributed by atoms with van der Waals surface area (Å²) in [7, 11) is 0. The van der Waals surface area contributed by atoms with E-state index in [9.17, 15) is 0 Å². The smallest absolute Gasteiger partial charge is 0.181 e. The second kappa shape index (κ2) is 6.10. The molecule has 0 aliphatic carbocycles. The Kier molecular flexibility index (Phi) is 3.92. The molecule has 0 aromatic heterocycles. The molecule has 0 amide bonds. The number of para-hydroxylation sites is 2. The molecule has 0 radical (unpaired) electrons. The predicted octanol–water partition coefficient (Wildman–Crippen LogP) is 3.15. The Labute approximate surface area is 98.8 Å². The molecule has 2 aromatic carbocycles. The normalized spacial score (nSPS) is 8.94. The Morgan fingerprint density at radius 3 is 1.47 bits per heavy atom. The van der Waals surface area contributed by atoms with E-state index in [2.05, 4.69) is 16.3 Å². The first-order valence-electron chi connectivity index (χ1n) is 5.04. The van der Waals surface area contributed by atoms with Crippen LogP contribution in [-0.4, -0.2) is 6.01 Å². The fraction of sp³-hybridized carbons (Fsp3) is 0. The molecule has 17 heavy (non-hydrogen) atoms. The van der Waals surface area contributed by atoms with E-state index in [4.69, 9.17) is 9.68 Å². The molecule has 0 atom stereocenters.